The van der Waals surface area contributed by atoms with Crippen LogP contribution in [0.4, 0.5) is 4.39 Å². The van der Waals surface area contributed by atoms with Gasteiger partial charge in [-0.1, -0.05) is 21.1 Å². The van der Waals surface area contributed by atoms with Crippen molar-refractivity contribution in [1.82, 2.24) is 20.8 Å². The summed E-state index contributed by atoms with van der Waals surface area (Å²) in [4.78, 5) is 15.9. The number of nitrogens with one attached hydrogen (secondary N) is 2. The van der Waals surface area contributed by atoms with Crippen LogP contribution in [0.15, 0.2) is 27.2 Å². The third-order valence-electron chi connectivity index (χ3n) is 3.10. The molecule has 1 saturated heterocycles. The Balaban J connectivity index is 1.78. The van der Waals surface area contributed by atoms with Crippen molar-refractivity contribution in [3.8, 4) is 11.4 Å². The summed E-state index contributed by atoms with van der Waals surface area (Å²) in [7, 11) is 0. The zero-order chi connectivity index (χ0) is 14.8. The highest BCUT2D eigenvalue weighted by Gasteiger charge is 2.24. The monoisotopic (exact) mass is 354 g/mol. The van der Waals surface area contributed by atoms with Gasteiger partial charge < -0.3 is 15.2 Å². The average Bonchev–Trinajstić information content (AvgIpc) is 2.89. The molecule has 0 radical (unpaired) electrons. The van der Waals surface area contributed by atoms with E-state index in [4.69, 9.17) is 4.52 Å². The van der Waals surface area contributed by atoms with Gasteiger partial charge in [-0.15, -0.1) is 0 Å². The number of nitrogens with zero attached hydrogens (tertiary/aromatic N) is 2. The SMILES string of the molecule is O=C1NCCNC1Cc1nc(-c2cc(F)cc(Br)c2)no1. The highest BCUT2D eigenvalue weighted by atomic mass is 79.9. The first-order valence-corrected chi connectivity index (χ1v) is 7.21. The highest BCUT2D eigenvalue weighted by molar-refractivity contribution is 9.10. The number of benzene rings is 1. The molecule has 3 rings (SSSR count). The molecule has 1 fully saturated rings. The fourth-order valence-corrected chi connectivity index (χ4v) is 2.59. The van der Waals surface area contributed by atoms with Gasteiger partial charge in [0.1, 0.15) is 5.82 Å². The van der Waals surface area contributed by atoms with E-state index in [1.807, 2.05) is 0 Å². The summed E-state index contributed by atoms with van der Waals surface area (Å²) in [6.07, 6.45) is 0.301. The lowest BCUT2D eigenvalue weighted by molar-refractivity contribution is -0.124. The minimum absolute atomic E-state index is 0.0884. The van der Waals surface area contributed by atoms with Crippen LogP contribution in [0, 0.1) is 5.82 Å². The Morgan fingerprint density at radius 3 is 3.00 bits per heavy atom. The van der Waals surface area contributed by atoms with Crippen LogP contribution >= 0.6 is 15.9 Å². The molecule has 1 aliphatic heterocycles. The number of rotatable bonds is 3. The molecule has 2 N–H and O–H groups in total. The van der Waals surface area contributed by atoms with Gasteiger partial charge in [-0.3, -0.25) is 4.79 Å². The minimum atomic E-state index is -0.390. The van der Waals surface area contributed by atoms with Crippen molar-refractivity contribution >= 4 is 21.8 Å². The molecule has 110 valence electrons. The molecule has 1 amide bonds. The van der Waals surface area contributed by atoms with Gasteiger partial charge in [-0.2, -0.15) is 4.98 Å². The number of halogens is 2. The number of hydrogen-bond acceptors (Lipinski definition) is 5. The van der Waals surface area contributed by atoms with Crippen LogP contribution in [0.3, 0.4) is 0 Å². The quantitative estimate of drug-likeness (QED) is 0.867. The first-order valence-electron chi connectivity index (χ1n) is 6.42. The van der Waals surface area contributed by atoms with E-state index in [0.29, 0.717) is 41.3 Å². The average molecular weight is 355 g/mol. The number of aromatic nitrogens is 2. The van der Waals surface area contributed by atoms with Gasteiger partial charge in [0, 0.05) is 23.1 Å². The van der Waals surface area contributed by atoms with Crippen LogP contribution in [-0.2, 0) is 11.2 Å². The third kappa shape index (κ3) is 3.27. The lowest BCUT2D eigenvalue weighted by Gasteiger charge is -2.21. The van der Waals surface area contributed by atoms with Crippen molar-refractivity contribution in [3.05, 3.63) is 34.4 Å². The van der Waals surface area contributed by atoms with Crippen LogP contribution in [0.25, 0.3) is 11.4 Å². The number of hydrogen-bond donors (Lipinski definition) is 2. The summed E-state index contributed by atoms with van der Waals surface area (Å²) < 4.78 is 19.1. The van der Waals surface area contributed by atoms with E-state index in [-0.39, 0.29) is 17.8 Å². The molecule has 21 heavy (non-hydrogen) atoms. The molecule has 0 saturated carbocycles. The van der Waals surface area contributed by atoms with E-state index in [1.165, 1.54) is 12.1 Å². The Morgan fingerprint density at radius 2 is 2.24 bits per heavy atom. The molecule has 1 atom stereocenters. The van der Waals surface area contributed by atoms with Gasteiger partial charge in [-0.05, 0) is 18.2 Å². The lowest BCUT2D eigenvalue weighted by atomic mass is 10.1. The summed E-state index contributed by atoms with van der Waals surface area (Å²) >= 11 is 3.22. The van der Waals surface area contributed by atoms with E-state index >= 15 is 0 Å². The second kappa shape index (κ2) is 5.90. The number of carbonyl (C=O) groups excluding carboxylic acids is 1. The number of piperazine rings is 1. The molecule has 6 nitrogen and oxygen atoms in total. The molecule has 2 aromatic rings. The van der Waals surface area contributed by atoms with Crippen molar-refractivity contribution in [3.63, 3.8) is 0 Å². The summed E-state index contributed by atoms with van der Waals surface area (Å²) in [5, 5.41) is 9.66. The van der Waals surface area contributed by atoms with Gasteiger partial charge in [0.05, 0.1) is 12.5 Å². The third-order valence-corrected chi connectivity index (χ3v) is 3.56. The fourth-order valence-electron chi connectivity index (χ4n) is 2.13. The molecule has 0 bridgehead atoms. The van der Waals surface area contributed by atoms with Crippen molar-refractivity contribution in [1.29, 1.82) is 0 Å². The Morgan fingerprint density at radius 1 is 1.38 bits per heavy atom. The van der Waals surface area contributed by atoms with Gasteiger partial charge in [0.2, 0.25) is 17.6 Å². The zero-order valence-corrected chi connectivity index (χ0v) is 12.5. The van der Waals surface area contributed by atoms with Crippen LogP contribution < -0.4 is 10.6 Å². The molecule has 8 heteroatoms. The Labute approximate surface area is 128 Å². The van der Waals surface area contributed by atoms with E-state index in [1.54, 1.807) is 6.07 Å². The zero-order valence-electron chi connectivity index (χ0n) is 10.9. The maximum Gasteiger partial charge on any atom is 0.237 e. The van der Waals surface area contributed by atoms with Gasteiger partial charge in [-0.25, -0.2) is 4.39 Å². The lowest BCUT2D eigenvalue weighted by Crippen LogP contribution is -2.53. The first-order chi connectivity index (χ1) is 10.1. The molecule has 1 aliphatic rings. The van der Waals surface area contributed by atoms with Gasteiger partial charge >= 0.3 is 0 Å². The first kappa shape index (κ1) is 14.2. The number of amides is 1. The molecule has 1 aromatic carbocycles. The molecular formula is C13H12BrFN4O2. The standard InChI is InChI=1S/C13H12BrFN4O2/c14-8-3-7(4-9(15)5-8)12-18-11(21-19-12)6-10-13(20)17-2-1-16-10/h3-5,10,16H,1-2,6H2,(H,17,20). The normalized spacial score (nSPS) is 18.6. The highest BCUT2D eigenvalue weighted by Crippen LogP contribution is 2.22. The molecule has 0 spiro atoms. The predicted octanol–water partition coefficient (Wildman–Crippen LogP) is 1.27. The van der Waals surface area contributed by atoms with Crippen molar-refractivity contribution < 1.29 is 13.7 Å². The topological polar surface area (TPSA) is 80.0 Å². The summed E-state index contributed by atoms with van der Waals surface area (Å²) in [6.45, 7) is 1.32. The summed E-state index contributed by atoms with van der Waals surface area (Å²) in [5.74, 6) is 0.148. The largest absolute Gasteiger partial charge is 0.353 e. The summed E-state index contributed by atoms with van der Waals surface area (Å²) in [5.41, 5.74) is 0.512. The predicted molar refractivity (Wildman–Crippen MR) is 75.9 cm³/mol. The van der Waals surface area contributed by atoms with Gasteiger partial charge in [0.15, 0.2) is 0 Å². The van der Waals surface area contributed by atoms with Crippen LogP contribution in [-0.4, -0.2) is 35.2 Å². The van der Waals surface area contributed by atoms with Crippen LogP contribution in [0.5, 0.6) is 0 Å². The van der Waals surface area contributed by atoms with E-state index in [2.05, 4.69) is 36.7 Å². The second-order valence-electron chi connectivity index (χ2n) is 4.67. The Kier molecular flexibility index (Phi) is 3.98. The molecular weight excluding hydrogens is 343 g/mol. The van der Waals surface area contributed by atoms with Crippen molar-refractivity contribution in [2.24, 2.45) is 0 Å². The Bertz CT molecular complexity index is 656. The Hall–Kier alpha value is -1.80. The number of carbonyl (C=O) groups is 1. The maximum atomic E-state index is 13.4. The van der Waals surface area contributed by atoms with E-state index in [9.17, 15) is 9.18 Å². The second-order valence-corrected chi connectivity index (χ2v) is 5.59. The van der Waals surface area contributed by atoms with Crippen molar-refractivity contribution in [2.45, 2.75) is 12.5 Å². The van der Waals surface area contributed by atoms with Crippen molar-refractivity contribution in [2.75, 3.05) is 13.1 Å². The smallest absolute Gasteiger partial charge is 0.237 e. The van der Waals surface area contributed by atoms with Crippen LogP contribution in [0.1, 0.15) is 5.89 Å². The van der Waals surface area contributed by atoms with Crippen LogP contribution in [0.2, 0.25) is 0 Å². The van der Waals surface area contributed by atoms with E-state index in [0.717, 1.165) is 0 Å². The van der Waals surface area contributed by atoms with Gasteiger partial charge in [0.25, 0.3) is 0 Å². The molecule has 2 heterocycles. The summed E-state index contributed by atoms with van der Waals surface area (Å²) in [6, 6.07) is 3.99. The van der Waals surface area contributed by atoms with E-state index < -0.39 is 0 Å². The fraction of sp³-hybridized carbons (Fsp3) is 0.308. The molecule has 1 unspecified atom stereocenters. The molecule has 0 aliphatic carbocycles. The maximum absolute atomic E-state index is 13.4. The minimum Gasteiger partial charge on any atom is -0.353 e. The molecule has 1 aromatic heterocycles.